The summed E-state index contributed by atoms with van der Waals surface area (Å²) in [6.45, 7) is 2.59. The maximum atomic E-state index is 11.8. The maximum Gasteiger partial charge on any atom is 0.472 e. The van der Waals surface area contributed by atoms with Crippen LogP contribution in [0.3, 0.4) is 0 Å². The smallest absolute Gasteiger partial charge is 0.472 e. The topological polar surface area (TPSA) is 65.0 Å². The quantitative estimate of drug-likeness (QED) is 0.356. The number of hydrogen-bond donors (Lipinski definition) is 1. The van der Waals surface area contributed by atoms with Crippen molar-refractivity contribution < 1.29 is 23.2 Å². The van der Waals surface area contributed by atoms with Gasteiger partial charge in [-0.2, -0.15) is 0 Å². The molecule has 1 N–H and O–H groups in total. The number of fused-ring (bicyclic) bond motifs is 1. The highest BCUT2D eigenvalue weighted by atomic mass is 31.2. The molecule has 0 radical (unpaired) electrons. The van der Waals surface area contributed by atoms with Crippen molar-refractivity contribution in [2.75, 3.05) is 19.8 Å². The minimum absolute atomic E-state index is 0.00645. The number of benzene rings is 2. The van der Waals surface area contributed by atoms with Gasteiger partial charge in [-0.15, -0.1) is 0 Å². The summed E-state index contributed by atoms with van der Waals surface area (Å²) in [4.78, 5) is 9.68. The maximum absolute atomic E-state index is 11.8. The molecule has 0 heterocycles. The molecule has 1 unspecified atom stereocenters. The van der Waals surface area contributed by atoms with Gasteiger partial charge < -0.3 is 9.63 Å². The van der Waals surface area contributed by atoms with Gasteiger partial charge in [0.15, 0.2) is 0 Å². The van der Waals surface area contributed by atoms with Gasteiger partial charge in [-0.3, -0.25) is 9.05 Å². The Kier molecular flexibility index (Phi) is 9.13. The van der Waals surface area contributed by atoms with E-state index in [1.165, 1.54) is 19.3 Å². The molecular weight excluding hydrogens is 351 g/mol. The van der Waals surface area contributed by atoms with Gasteiger partial charge in [-0.05, 0) is 17.9 Å². The second-order valence-corrected chi connectivity index (χ2v) is 7.68. The van der Waals surface area contributed by atoms with Crippen LogP contribution in [-0.4, -0.2) is 24.7 Å². The van der Waals surface area contributed by atoms with E-state index in [4.69, 9.17) is 13.8 Å². The summed E-state index contributed by atoms with van der Waals surface area (Å²) in [6.07, 6.45) is 6.55. The first kappa shape index (κ1) is 20.9. The predicted molar refractivity (Wildman–Crippen MR) is 105 cm³/mol. The fourth-order valence-electron chi connectivity index (χ4n) is 2.73. The third-order valence-corrected chi connectivity index (χ3v) is 5.12. The Labute approximate surface area is 155 Å². The van der Waals surface area contributed by atoms with E-state index >= 15 is 0 Å². The largest absolute Gasteiger partial charge is 0.491 e. The molecule has 5 nitrogen and oxygen atoms in total. The number of phosphoric ester groups is 1. The fourth-order valence-corrected chi connectivity index (χ4v) is 3.46. The number of phosphoric acid groups is 1. The van der Waals surface area contributed by atoms with Crippen LogP contribution in [0.5, 0.6) is 5.75 Å². The first-order valence-electron chi connectivity index (χ1n) is 9.35. The molecule has 0 aliphatic rings. The third-order valence-electron chi connectivity index (χ3n) is 4.10. The Balaban J connectivity index is 1.64. The van der Waals surface area contributed by atoms with Crippen LogP contribution in [0.1, 0.15) is 45.4 Å². The van der Waals surface area contributed by atoms with Gasteiger partial charge in [-0.1, -0.05) is 75.4 Å². The normalized spacial score (nSPS) is 13.6. The van der Waals surface area contributed by atoms with Gasteiger partial charge in [0.05, 0.1) is 13.2 Å². The number of rotatable bonds is 13. The molecule has 26 heavy (non-hydrogen) atoms. The SMILES string of the molecule is CCCCCCCCOP(=O)(O)OCCOc1cccc2ccccc12. The molecule has 0 saturated carbocycles. The summed E-state index contributed by atoms with van der Waals surface area (Å²) >= 11 is 0. The van der Waals surface area contributed by atoms with Crippen molar-refractivity contribution in [1.29, 1.82) is 0 Å². The lowest BCUT2D eigenvalue weighted by Crippen LogP contribution is -2.07. The Morgan fingerprint density at radius 1 is 0.846 bits per heavy atom. The Morgan fingerprint density at radius 2 is 1.54 bits per heavy atom. The molecule has 0 amide bonds. The highest BCUT2D eigenvalue weighted by Gasteiger charge is 2.20. The van der Waals surface area contributed by atoms with Crippen LogP contribution in [0.4, 0.5) is 0 Å². The van der Waals surface area contributed by atoms with E-state index in [1.807, 2.05) is 42.5 Å². The van der Waals surface area contributed by atoms with E-state index in [1.54, 1.807) is 0 Å². The standard InChI is InChI=1S/C20H29O5P/c1-2-3-4-5-6-9-15-24-26(21,22)25-17-16-23-20-14-10-12-18-11-7-8-13-19(18)20/h7-8,10-14H,2-6,9,15-17H2,1H3,(H,21,22). The molecule has 6 heteroatoms. The van der Waals surface area contributed by atoms with Gasteiger partial charge >= 0.3 is 7.82 Å². The summed E-state index contributed by atoms with van der Waals surface area (Å²) < 4.78 is 27.5. The van der Waals surface area contributed by atoms with Gasteiger partial charge in [-0.25, -0.2) is 4.57 Å². The second-order valence-electron chi connectivity index (χ2n) is 6.23. The fraction of sp³-hybridized carbons (Fsp3) is 0.500. The average molecular weight is 380 g/mol. The van der Waals surface area contributed by atoms with Crippen molar-refractivity contribution in [2.45, 2.75) is 45.4 Å². The van der Waals surface area contributed by atoms with Crippen LogP contribution in [-0.2, 0) is 13.6 Å². The molecule has 144 valence electrons. The summed E-state index contributed by atoms with van der Waals surface area (Å²) in [6, 6.07) is 13.7. The minimum atomic E-state index is -4.00. The zero-order chi connectivity index (χ0) is 18.7. The Bertz CT molecular complexity index is 698. The lowest BCUT2D eigenvalue weighted by molar-refractivity contribution is 0.128. The first-order chi connectivity index (χ1) is 12.6. The van der Waals surface area contributed by atoms with E-state index in [9.17, 15) is 9.46 Å². The molecule has 0 aromatic heterocycles. The lowest BCUT2D eigenvalue weighted by Gasteiger charge is -2.13. The van der Waals surface area contributed by atoms with E-state index in [0.29, 0.717) is 0 Å². The van der Waals surface area contributed by atoms with Gasteiger partial charge in [0.1, 0.15) is 12.4 Å². The van der Waals surface area contributed by atoms with Gasteiger partial charge in [0, 0.05) is 5.39 Å². The highest BCUT2D eigenvalue weighted by molar-refractivity contribution is 7.47. The summed E-state index contributed by atoms with van der Waals surface area (Å²) in [5.74, 6) is 0.729. The van der Waals surface area contributed by atoms with Gasteiger partial charge in [0.25, 0.3) is 0 Å². The van der Waals surface area contributed by atoms with Gasteiger partial charge in [0.2, 0.25) is 0 Å². The molecule has 0 aliphatic heterocycles. The monoisotopic (exact) mass is 380 g/mol. The molecule has 0 spiro atoms. The zero-order valence-electron chi connectivity index (χ0n) is 15.4. The summed E-state index contributed by atoms with van der Waals surface area (Å²) in [5, 5.41) is 2.09. The summed E-state index contributed by atoms with van der Waals surface area (Å²) in [5.41, 5.74) is 0. The van der Waals surface area contributed by atoms with Crippen LogP contribution < -0.4 is 4.74 Å². The highest BCUT2D eigenvalue weighted by Crippen LogP contribution is 2.43. The predicted octanol–water partition coefficient (Wildman–Crippen LogP) is 5.71. The average Bonchev–Trinajstić information content (AvgIpc) is 2.64. The molecule has 0 fully saturated rings. The van der Waals surface area contributed by atoms with E-state index in [2.05, 4.69) is 6.92 Å². The number of ether oxygens (including phenoxy) is 1. The first-order valence-corrected chi connectivity index (χ1v) is 10.8. The second kappa shape index (κ2) is 11.3. The van der Waals surface area contributed by atoms with Crippen LogP contribution in [0.2, 0.25) is 0 Å². The molecule has 2 aromatic rings. The van der Waals surface area contributed by atoms with Crippen molar-refractivity contribution in [1.82, 2.24) is 0 Å². The summed E-state index contributed by atoms with van der Waals surface area (Å²) in [7, 11) is -4.00. The van der Waals surface area contributed by atoms with Crippen LogP contribution in [0.25, 0.3) is 10.8 Å². The molecule has 0 bridgehead atoms. The Hall–Kier alpha value is -1.39. The third kappa shape index (κ3) is 7.46. The van der Waals surface area contributed by atoms with E-state index in [0.717, 1.165) is 35.8 Å². The van der Waals surface area contributed by atoms with Crippen molar-refractivity contribution in [3.8, 4) is 5.75 Å². The number of hydrogen-bond acceptors (Lipinski definition) is 4. The van der Waals surface area contributed by atoms with Crippen LogP contribution in [0.15, 0.2) is 42.5 Å². The molecular formula is C20H29O5P. The molecule has 2 aromatic carbocycles. The van der Waals surface area contributed by atoms with Crippen molar-refractivity contribution in [3.63, 3.8) is 0 Å². The molecule has 2 rings (SSSR count). The van der Waals surface area contributed by atoms with Crippen LogP contribution in [0, 0.1) is 0 Å². The van der Waals surface area contributed by atoms with E-state index in [-0.39, 0.29) is 19.8 Å². The minimum Gasteiger partial charge on any atom is -0.491 e. The molecule has 1 atom stereocenters. The van der Waals surface area contributed by atoms with Crippen LogP contribution >= 0.6 is 7.82 Å². The molecule has 0 aliphatic carbocycles. The number of unbranched alkanes of at least 4 members (excludes halogenated alkanes) is 5. The molecule has 0 saturated heterocycles. The van der Waals surface area contributed by atoms with Crippen molar-refractivity contribution in [2.24, 2.45) is 0 Å². The van der Waals surface area contributed by atoms with Crippen molar-refractivity contribution in [3.05, 3.63) is 42.5 Å². The Morgan fingerprint density at radius 3 is 2.38 bits per heavy atom. The van der Waals surface area contributed by atoms with Crippen molar-refractivity contribution >= 4 is 18.6 Å². The van der Waals surface area contributed by atoms with E-state index < -0.39 is 7.82 Å². The zero-order valence-corrected chi connectivity index (χ0v) is 16.3. The lowest BCUT2D eigenvalue weighted by atomic mass is 10.1.